The van der Waals surface area contributed by atoms with Crippen molar-refractivity contribution in [1.82, 2.24) is 9.80 Å². The quantitative estimate of drug-likeness (QED) is 0.770. The summed E-state index contributed by atoms with van der Waals surface area (Å²) in [4.78, 5) is 4.89. The Hall–Kier alpha value is -0.120. The van der Waals surface area contributed by atoms with Crippen molar-refractivity contribution in [2.75, 3.05) is 40.3 Å². The standard InChI is InChI=1S/C16H35N3/c1-6-9-19(11-10-18(4)5)13-14-12-16(2,3)8-7-15(14)17/h14-15H,6-13,17H2,1-5H3. The molecule has 0 heterocycles. The number of nitrogens with zero attached hydrogens (tertiary/aromatic N) is 2. The number of hydrogen-bond donors (Lipinski definition) is 1. The summed E-state index contributed by atoms with van der Waals surface area (Å²) < 4.78 is 0. The van der Waals surface area contributed by atoms with Gasteiger partial charge in [-0.25, -0.2) is 0 Å². The highest BCUT2D eigenvalue weighted by Crippen LogP contribution is 2.38. The van der Waals surface area contributed by atoms with E-state index in [-0.39, 0.29) is 0 Å². The van der Waals surface area contributed by atoms with Gasteiger partial charge in [-0.15, -0.1) is 0 Å². The number of likely N-dealkylation sites (N-methyl/N-ethyl adjacent to an activating group) is 1. The van der Waals surface area contributed by atoms with Crippen molar-refractivity contribution in [1.29, 1.82) is 0 Å². The van der Waals surface area contributed by atoms with E-state index >= 15 is 0 Å². The van der Waals surface area contributed by atoms with Crippen molar-refractivity contribution < 1.29 is 0 Å². The van der Waals surface area contributed by atoms with Crippen LogP contribution in [0.5, 0.6) is 0 Å². The van der Waals surface area contributed by atoms with Crippen LogP contribution < -0.4 is 5.73 Å². The maximum Gasteiger partial charge on any atom is 0.0109 e. The summed E-state index contributed by atoms with van der Waals surface area (Å²) in [6, 6.07) is 0.409. The first-order chi connectivity index (χ1) is 8.84. The van der Waals surface area contributed by atoms with Gasteiger partial charge in [0, 0.05) is 25.7 Å². The minimum absolute atomic E-state index is 0.409. The van der Waals surface area contributed by atoms with Crippen LogP contribution in [0.2, 0.25) is 0 Å². The zero-order valence-electron chi connectivity index (χ0n) is 13.8. The lowest BCUT2D eigenvalue weighted by molar-refractivity contribution is 0.111. The molecule has 1 saturated carbocycles. The molecule has 114 valence electrons. The van der Waals surface area contributed by atoms with Crippen molar-refractivity contribution in [3.05, 3.63) is 0 Å². The van der Waals surface area contributed by atoms with Gasteiger partial charge in [-0.05, 0) is 57.7 Å². The average molecular weight is 269 g/mol. The molecule has 0 aromatic rings. The topological polar surface area (TPSA) is 32.5 Å². The van der Waals surface area contributed by atoms with E-state index in [2.05, 4.69) is 44.7 Å². The van der Waals surface area contributed by atoms with Gasteiger partial charge < -0.3 is 15.5 Å². The van der Waals surface area contributed by atoms with E-state index in [1.54, 1.807) is 0 Å². The number of hydrogen-bond acceptors (Lipinski definition) is 3. The van der Waals surface area contributed by atoms with Gasteiger partial charge in [0.2, 0.25) is 0 Å². The lowest BCUT2D eigenvalue weighted by Gasteiger charge is -2.41. The minimum atomic E-state index is 0.409. The minimum Gasteiger partial charge on any atom is -0.327 e. The molecule has 1 aliphatic rings. The molecule has 1 rings (SSSR count). The van der Waals surface area contributed by atoms with Gasteiger partial charge in [0.05, 0.1) is 0 Å². The zero-order valence-corrected chi connectivity index (χ0v) is 13.8. The number of nitrogens with two attached hydrogens (primary N) is 1. The SMILES string of the molecule is CCCN(CCN(C)C)CC1CC(C)(C)CCC1N. The van der Waals surface area contributed by atoms with Crippen molar-refractivity contribution in [2.24, 2.45) is 17.1 Å². The van der Waals surface area contributed by atoms with Crippen LogP contribution in [-0.2, 0) is 0 Å². The molecule has 19 heavy (non-hydrogen) atoms. The van der Waals surface area contributed by atoms with Crippen LogP contribution in [0.3, 0.4) is 0 Å². The Bertz CT molecular complexity index is 250. The summed E-state index contributed by atoms with van der Waals surface area (Å²) in [5.74, 6) is 0.678. The third-order valence-corrected chi connectivity index (χ3v) is 4.47. The Morgan fingerprint density at radius 1 is 1.16 bits per heavy atom. The van der Waals surface area contributed by atoms with Gasteiger partial charge >= 0.3 is 0 Å². The largest absolute Gasteiger partial charge is 0.327 e. The third kappa shape index (κ3) is 6.24. The van der Waals surface area contributed by atoms with Gasteiger partial charge in [-0.3, -0.25) is 0 Å². The molecule has 0 radical (unpaired) electrons. The first-order valence-corrected chi connectivity index (χ1v) is 7.96. The normalized spacial score (nSPS) is 27.2. The summed E-state index contributed by atoms with van der Waals surface area (Å²) in [5.41, 5.74) is 6.85. The van der Waals surface area contributed by atoms with Crippen LogP contribution in [0.1, 0.15) is 46.5 Å². The highest BCUT2D eigenvalue weighted by Gasteiger charge is 2.33. The van der Waals surface area contributed by atoms with Crippen LogP contribution in [0.25, 0.3) is 0 Å². The van der Waals surface area contributed by atoms with Crippen LogP contribution in [-0.4, -0.2) is 56.1 Å². The molecule has 1 fully saturated rings. The van der Waals surface area contributed by atoms with Crippen LogP contribution in [0.15, 0.2) is 0 Å². The van der Waals surface area contributed by atoms with E-state index in [0.717, 1.165) is 6.54 Å². The predicted octanol–water partition coefficient (Wildman–Crippen LogP) is 2.41. The summed E-state index contributed by atoms with van der Waals surface area (Å²) >= 11 is 0. The van der Waals surface area contributed by atoms with Gasteiger partial charge in [0.1, 0.15) is 0 Å². The highest BCUT2D eigenvalue weighted by atomic mass is 15.2. The molecular weight excluding hydrogens is 234 g/mol. The molecule has 0 amide bonds. The van der Waals surface area contributed by atoms with Crippen LogP contribution >= 0.6 is 0 Å². The molecule has 3 nitrogen and oxygen atoms in total. The molecule has 0 spiro atoms. The Morgan fingerprint density at radius 2 is 1.84 bits per heavy atom. The highest BCUT2D eigenvalue weighted by molar-refractivity contribution is 4.88. The summed E-state index contributed by atoms with van der Waals surface area (Å²) in [5, 5.41) is 0. The van der Waals surface area contributed by atoms with Crippen molar-refractivity contribution >= 4 is 0 Å². The molecule has 0 saturated heterocycles. The Balaban J connectivity index is 2.51. The van der Waals surface area contributed by atoms with E-state index in [9.17, 15) is 0 Å². The monoisotopic (exact) mass is 269 g/mol. The molecule has 3 heteroatoms. The third-order valence-electron chi connectivity index (χ3n) is 4.47. The lowest BCUT2D eigenvalue weighted by atomic mass is 9.70. The second kappa shape index (κ2) is 7.61. The van der Waals surface area contributed by atoms with E-state index in [1.807, 2.05) is 0 Å². The second-order valence-corrected chi connectivity index (χ2v) is 7.43. The maximum atomic E-state index is 6.36. The fourth-order valence-electron chi connectivity index (χ4n) is 3.24. The van der Waals surface area contributed by atoms with Gasteiger partial charge in [0.15, 0.2) is 0 Å². The predicted molar refractivity (Wildman–Crippen MR) is 84.4 cm³/mol. The molecule has 0 bridgehead atoms. The Morgan fingerprint density at radius 3 is 2.42 bits per heavy atom. The van der Waals surface area contributed by atoms with Crippen LogP contribution in [0.4, 0.5) is 0 Å². The smallest absolute Gasteiger partial charge is 0.0109 e. The van der Waals surface area contributed by atoms with E-state index < -0.39 is 0 Å². The fourth-order valence-corrected chi connectivity index (χ4v) is 3.24. The van der Waals surface area contributed by atoms with E-state index in [1.165, 1.54) is 45.3 Å². The van der Waals surface area contributed by atoms with Gasteiger partial charge in [0.25, 0.3) is 0 Å². The Kier molecular flexibility index (Phi) is 6.78. The average Bonchev–Trinajstić information content (AvgIpc) is 2.31. The summed E-state index contributed by atoms with van der Waals surface area (Å²) in [7, 11) is 4.30. The van der Waals surface area contributed by atoms with Gasteiger partial charge in [-0.2, -0.15) is 0 Å². The van der Waals surface area contributed by atoms with E-state index in [0.29, 0.717) is 17.4 Å². The lowest BCUT2D eigenvalue weighted by Crippen LogP contribution is -2.46. The van der Waals surface area contributed by atoms with E-state index in [4.69, 9.17) is 5.73 Å². The van der Waals surface area contributed by atoms with Crippen molar-refractivity contribution in [2.45, 2.75) is 52.5 Å². The maximum absolute atomic E-state index is 6.36. The molecule has 2 atom stereocenters. The number of rotatable bonds is 7. The molecular formula is C16H35N3. The van der Waals surface area contributed by atoms with Gasteiger partial charge in [-0.1, -0.05) is 20.8 Å². The molecule has 0 aromatic heterocycles. The Labute approximate surface area is 120 Å². The molecule has 2 N–H and O–H groups in total. The summed E-state index contributed by atoms with van der Waals surface area (Å²) in [6.45, 7) is 11.8. The molecule has 0 aliphatic heterocycles. The van der Waals surface area contributed by atoms with Crippen LogP contribution in [0, 0.1) is 11.3 Å². The first kappa shape index (κ1) is 16.9. The molecule has 2 unspecified atom stereocenters. The van der Waals surface area contributed by atoms with Crippen molar-refractivity contribution in [3.63, 3.8) is 0 Å². The summed E-state index contributed by atoms with van der Waals surface area (Å²) in [6.07, 6.45) is 5.01. The molecule has 0 aromatic carbocycles. The van der Waals surface area contributed by atoms with Crippen molar-refractivity contribution in [3.8, 4) is 0 Å². The first-order valence-electron chi connectivity index (χ1n) is 7.96. The second-order valence-electron chi connectivity index (χ2n) is 7.43. The zero-order chi connectivity index (χ0) is 14.5. The molecule has 1 aliphatic carbocycles. The fraction of sp³-hybridized carbons (Fsp3) is 1.00.